The number of carbonyl (C=O) groups excluding carboxylic acids is 1. The fraction of sp³-hybridized carbons (Fsp3) is 0.438. The number of nitrogens with zero attached hydrogens (tertiary/aromatic N) is 1. The van der Waals surface area contributed by atoms with Crippen molar-refractivity contribution in [2.45, 2.75) is 19.8 Å². The Balaban J connectivity index is 0.00000242. The highest BCUT2D eigenvalue weighted by atomic mass is 35.5. The molecule has 1 fully saturated rings. The van der Waals surface area contributed by atoms with Gasteiger partial charge in [0.15, 0.2) is 0 Å². The Morgan fingerprint density at radius 2 is 2.00 bits per heavy atom. The molecule has 0 aliphatic carbocycles. The molecule has 6 heteroatoms. The van der Waals surface area contributed by atoms with Crippen LogP contribution in [0.4, 0.5) is 8.78 Å². The van der Waals surface area contributed by atoms with Crippen LogP contribution >= 0.6 is 12.4 Å². The summed E-state index contributed by atoms with van der Waals surface area (Å²) in [5.74, 6) is -0.932. The van der Waals surface area contributed by atoms with E-state index in [2.05, 4.69) is 0 Å². The molecule has 0 aromatic heterocycles. The zero-order valence-corrected chi connectivity index (χ0v) is 13.3. The Bertz CT molecular complexity index is 555. The molecule has 22 heavy (non-hydrogen) atoms. The first-order chi connectivity index (χ1) is 10.0. The average Bonchev–Trinajstić information content (AvgIpc) is 2.47. The van der Waals surface area contributed by atoms with Gasteiger partial charge in [0, 0.05) is 30.8 Å². The van der Waals surface area contributed by atoms with Crippen LogP contribution in [-0.2, 0) is 4.79 Å². The number of amides is 1. The van der Waals surface area contributed by atoms with Gasteiger partial charge >= 0.3 is 0 Å². The highest BCUT2D eigenvalue weighted by Gasteiger charge is 2.21. The summed E-state index contributed by atoms with van der Waals surface area (Å²) >= 11 is 0. The summed E-state index contributed by atoms with van der Waals surface area (Å²) in [4.78, 5) is 13.9. The van der Waals surface area contributed by atoms with Gasteiger partial charge in [-0.05, 0) is 49.9 Å². The summed E-state index contributed by atoms with van der Waals surface area (Å²) < 4.78 is 26.6. The molecule has 0 radical (unpaired) electrons. The Morgan fingerprint density at radius 1 is 1.36 bits per heavy atom. The first-order valence-corrected chi connectivity index (χ1v) is 7.14. The van der Waals surface area contributed by atoms with Crippen molar-refractivity contribution in [1.29, 1.82) is 0 Å². The summed E-state index contributed by atoms with van der Waals surface area (Å²) in [5, 5.41) is 0. The van der Waals surface area contributed by atoms with E-state index >= 15 is 0 Å². The van der Waals surface area contributed by atoms with Gasteiger partial charge in [0.05, 0.1) is 0 Å². The van der Waals surface area contributed by atoms with Gasteiger partial charge in [-0.3, -0.25) is 4.79 Å². The Hall–Kier alpha value is -1.46. The summed E-state index contributed by atoms with van der Waals surface area (Å²) in [6, 6.07) is 3.36. The van der Waals surface area contributed by atoms with E-state index in [0.29, 0.717) is 31.1 Å². The molecule has 0 atom stereocenters. The minimum Gasteiger partial charge on any atom is -0.339 e. The maximum atomic E-state index is 13.7. The van der Waals surface area contributed by atoms with Crippen molar-refractivity contribution in [3.8, 4) is 0 Å². The number of likely N-dealkylation sites (tertiary alicyclic amines) is 1. The number of halogens is 3. The first kappa shape index (κ1) is 18.6. The molecule has 3 nitrogen and oxygen atoms in total. The average molecular weight is 331 g/mol. The molecule has 2 rings (SSSR count). The number of carbonyl (C=O) groups is 1. The molecule has 0 bridgehead atoms. The third kappa shape index (κ3) is 4.52. The minimum atomic E-state index is -0.654. The van der Waals surface area contributed by atoms with Crippen LogP contribution in [0.3, 0.4) is 0 Å². The molecule has 1 amide bonds. The number of nitrogens with two attached hydrogens (primary N) is 1. The van der Waals surface area contributed by atoms with Crippen molar-refractivity contribution < 1.29 is 13.6 Å². The number of benzene rings is 1. The number of piperidine rings is 1. The monoisotopic (exact) mass is 330 g/mol. The maximum absolute atomic E-state index is 13.7. The Kier molecular flexibility index (Phi) is 6.97. The molecule has 0 spiro atoms. The predicted octanol–water partition coefficient (Wildman–Crippen LogP) is 2.99. The molecule has 1 aliphatic heterocycles. The second-order valence-electron chi connectivity index (χ2n) is 5.46. The summed E-state index contributed by atoms with van der Waals surface area (Å²) in [6.45, 7) is 3.66. The van der Waals surface area contributed by atoms with Gasteiger partial charge in [-0.1, -0.05) is 0 Å². The van der Waals surface area contributed by atoms with Gasteiger partial charge in [0.2, 0.25) is 5.91 Å². The predicted molar refractivity (Wildman–Crippen MR) is 85.6 cm³/mol. The molecule has 0 saturated carbocycles. The van der Waals surface area contributed by atoms with Crippen molar-refractivity contribution in [3.63, 3.8) is 0 Å². The summed E-state index contributed by atoms with van der Waals surface area (Å²) in [5.41, 5.74) is 6.37. The molecule has 0 unspecified atom stereocenters. The smallest absolute Gasteiger partial charge is 0.246 e. The van der Waals surface area contributed by atoms with E-state index in [0.717, 1.165) is 18.9 Å². The minimum absolute atomic E-state index is 0. The molecule has 1 saturated heterocycles. The zero-order chi connectivity index (χ0) is 15.4. The normalized spacial score (nSPS) is 16.4. The third-order valence-electron chi connectivity index (χ3n) is 3.96. The van der Waals surface area contributed by atoms with Crippen LogP contribution in [0.1, 0.15) is 25.3 Å². The van der Waals surface area contributed by atoms with Crippen molar-refractivity contribution in [1.82, 2.24) is 4.90 Å². The fourth-order valence-corrected chi connectivity index (χ4v) is 2.55. The number of hydrogen-bond donors (Lipinski definition) is 1. The maximum Gasteiger partial charge on any atom is 0.246 e. The first-order valence-electron chi connectivity index (χ1n) is 7.14. The van der Waals surface area contributed by atoms with Crippen LogP contribution in [0.5, 0.6) is 0 Å². The van der Waals surface area contributed by atoms with E-state index in [1.807, 2.05) is 0 Å². The molecular weight excluding hydrogens is 310 g/mol. The van der Waals surface area contributed by atoms with Gasteiger partial charge in [0.25, 0.3) is 0 Å². The summed E-state index contributed by atoms with van der Waals surface area (Å²) in [6.07, 6.45) is 3.22. The zero-order valence-electron chi connectivity index (χ0n) is 12.5. The second-order valence-corrected chi connectivity index (χ2v) is 5.46. The standard InChI is InChI=1S/C16H20F2N2O.ClH/c1-11(14-3-2-13(17)9-15(14)18)8-16(21)20-6-4-12(10-19)5-7-20;/h2-3,8-9,12H,4-7,10,19H2,1H3;1H. The highest BCUT2D eigenvalue weighted by molar-refractivity contribution is 5.95. The van der Waals surface area contributed by atoms with Crippen molar-refractivity contribution in [3.05, 3.63) is 41.5 Å². The molecule has 122 valence electrons. The van der Waals surface area contributed by atoms with Crippen molar-refractivity contribution in [2.75, 3.05) is 19.6 Å². The quantitative estimate of drug-likeness (QED) is 0.866. The van der Waals surface area contributed by atoms with Crippen LogP contribution in [0.2, 0.25) is 0 Å². The number of allylic oxidation sites excluding steroid dienone is 1. The lowest BCUT2D eigenvalue weighted by molar-refractivity contribution is -0.127. The Labute approximate surface area is 135 Å². The topological polar surface area (TPSA) is 46.3 Å². The highest BCUT2D eigenvalue weighted by Crippen LogP contribution is 2.20. The molecule has 2 N–H and O–H groups in total. The van der Waals surface area contributed by atoms with Gasteiger partial charge in [-0.2, -0.15) is 0 Å². The van der Waals surface area contributed by atoms with Crippen LogP contribution in [0, 0.1) is 17.6 Å². The van der Waals surface area contributed by atoms with Crippen LogP contribution < -0.4 is 5.73 Å². The Morgan fingerprint density at radius 3 is 2.55 bits per heavy atom. The van der Waals surface area contributed by atoms with E-state index in [1.54, 1.807) is 11.8 Å². The van der Waals surface area contributed by atoms with Crippen LogP contribution in [-0.4, -0.2) is 30.4 Å². The van der Waals surface area contributed by atoms with Crippen molar-refractivity contribution in [2.24, 2.45) is 11.7 Å². The molecule has 1 aliphatic rings. The summed E-state index contributed by atoms with van der Waals surface area (Å²) in [7, 11) is 0. The lowest BCUT2D eigenvalue weighted by Crippen LogP contribution is -2.39. The lowest BCUT2D eigenvalue weighted by atomic mass is 9.97. The molecule has 1 aromatic carbocycles. The van der Waals surface area contributed by atoms with Crippen LogP contribution in [0.15, 0.2) is 24.3 Å². The van der Waals surface area contributed by atoms with Gasteiger partial charge in [-0.15, -0.1) is 12.4 Å². The molecule has 1 heterocycles. The van der Waals surface area contributed by atoms with E-state index in [9.17, 15) is 13.6 Å². The van der Waals surface area contributed by atoms with Crippen LogP contribution in [0.25, 0.3) is 5.57 Å². The lowest BCUT2D eigenvalue weighted by Gasteiger charge is -2.30. The number of rotatable bonds is 3. The molecule has 1 aromatic rings. The van der Waals surface area contributed by atoms with E-state index in [4.69, 9.17) is 5.73 Å². The SMILES string of the molecule is CC(=CC(=O)N1CCC(CN)CC1)c1ccc(F)cc1F.Cl. The third-order valence-corrected chi connectivity index (χ3v) is 3.96. The van der Waals surface area contributed by atoms with Crippen molar-refractivity contribution >= 4 is 23.9 Å². The second kappa shape index (κ2) is 8.25. The van der Waals surface area contributed by atoms with Gasteiger partial charge in [-0.25, -0.2) is 8.78 Å². The van der Waals surface area contributed by atoms with E-state index in [-0.39, 0.29) is 23.9 Å². The van der Waals surface area contributed by atoms with Gasteiger partial charge < -0.3 is 10.6 Å². The van der Waals surface area contributed by atoms with E-state index in [1.165, 1.54) is 18.2 Å². The fourth-order valence-electron chi connectivity index (χ4n) is 2.55. The molecular formula is C16H21ClF2N2O. The largest absolute Gasteiger partial charge is 0.339 e. The number of hydrogen-bond acceptors (Lipinski definition) is 2. The van der Waals surface area contributed by atoms with Gasteiger partial charge in [0.1, 0.15) is 11.6 Å². The van der Waals surface area contributed by atoms with E-state index < -0.39 is 11.6 Å².